The summed E-state index contributed by atoms with van der Waals surface area (Å²) in [6.07, 6.45) is 6.37. The molecule has 96 valence electrons. The smallest absolute Gasteiger partial charge is 0.319 e. The van der Waals surface area contributed by atoms with Gasteiger partial charge in [0.15, 0.2) is 0 Å². The molecule has 0 saturated carbocycles. The maximum absolute atomic E-state index is 11.0. The van der Waals surface area contributed by atoms with Gasteiger partial charge in [-0.25, -0.2) is 0 Å². The maximum atomic E-state index is 11.0. The molecule has 0 aromatic rings. The lowest BCUT2D eigenvalue weighted by atomic mass is 10.0. The molecule has 0 aliphatic heterocycles. The highest BCUT2D eigenvalue weighted by atomic mass is 16.5. The second kappa shape index (κ2) is 10.9. The van der Waals surface area contributed by atoms with Crippen LogP contribution in [0.4, 0.5) is 0 Å². The van der Waals surface area contributed by atoms with Gasteiger partial charge in [-0.2, -0.15) is 0 Å². The van der Waals surface area contributed by atoms with E-state index in [0.717, 1.165) is 18.9 Å². The molecule has 0 fully saturated rings. The fourth-order valence-electron chi connectivity index (χ4n) is 1.56. The molecule has 0 saturated heterocycles. The molecule has 0 amide bonds. The van der Waals surface area contributed by atoms with Gasteiger partial charge in [-0.1, -0.05) is 39.5 Å². The molecule has 0 aromatic heterocycles. The van der Waals surface area contributed by atoms with Crippen molar-refractivity contribution in [3.63, 3.8) is 0 Å². The van der Waals surface area contributed by atoms with E-state index in [4.69, 9.17) is 4.74 Å². The van der Waals surface area contributed by atoms with Crippen LogP contribution >= 0.6 is 0 Å². The van der Waals surface area contributed by atoms with Crippen LogP contribution in [0.15, 0.2) is 0 Å². The van der Waals surface area contributed by atoms with Crippen molar-refractivity contribution in [1.82, 2.24) is 5.32 Å². The summed E-state index contributed by atoms with van der Waals surface area (Å²) >= 11 is 0. The molecule has 1 N–H and O–H groups in total. The van der Waals surface area contributed by atoms with E-state index in [1.54, 1.807) is 0 Å². The van der Waals surface area contributed by atoms with Crippen molar-refractivity contribution in [3.05, 3.63) is 0 Å². The predicted molar refractivity (Wildman–Crippen MR) is 67.4 cm³/mol. The number of carbonyl (C=O) groups excluding carboxylic acids is 1. The minimum Gasteiger partial charge on any atom is -0.465 e. The highest BCUT2D eigenvalue weighted by molar-refractivity contribution is 5.71. The van der Waals surface area contributed by atoms with Crippen LogP contribution < -0.4 is 5.32 Å². The zero-order chi connectivity index (χ0) is 12.2. The Labute approximate surface area is 99.9 Å². The third-order valence-corrected chi connectivity index (χ3v) is 2.46. The van der Waals surface area contributed by atoms with Gasteiger partial charge in [-0.15, -0.1) is 0 Å². The first-order valence-electron chi connectivity index (χ1n) is 6.53. The maximum Gasteiger partial charge on any atom is 0.319 e. The lowest BCUT2D eigenvalue weighted by Gasteiger charge is -2.05. The molecule has 0 heterocycles. The van der Waals surface area contributed by atoms with Gasteiger partial charge in [-0.3, -0.25) is 4.79 Å². The van der Waals surface area contributed by atoms with Crippen LogP contribution in [0, 0.1) is 5.92 Å². The second-order valence-corrected chi connectivity index (χ2v) is 4.58. The summed E-state index contributed by atoms with van der Waals surface area (Å²) < 4.78 is 4.81. The minimum atomic E-state index is -0.151. The molecule has 3 heteroatoms. The first kappa shape index (κ1) is 15.4. The molecule has 0 aromatic carbocycles. The normalized spacial score (nSPS) is 10.8. The largest absolute Gasteiger partial charge is 0.465 e. The second-order valence-electron chi connectivity index (χ2n) is 4.58. The molecule has 0 atom stereocenters. The third-order valence-electron chi connectivity index (χ3n) is 2.46. The van der Waals surface area contributed by atoms with Crippen LogP contribution in [0.5, 0.6) is 0 Å². The Bertz CT molecular complexity index is 169. The van der Waals surface area contributed by atoms with Crippen molar-refractivity contribution in [1.29, 1.82) is 0 Å². The SMILES string of the molecule is CCOC(=O)CNCCCCCCC(C)C. The van der Waals surface area contributed by atoms with Crippen LogP contribution in [0.25, 0.3) is 0 Å². The van der Waals surface area contributed by atoms with E-state index in [0.29, 0.717) is 13.2 Å². The van der Waals surface area contributed by atoms with E-state index in [1.807, 2.05) is 6.92 Å². The van der Waals surface area contributed by atoms with Gasteiger partial charge in [0.1, 0.15) is 0 Å². The number of unbranched alkanes of at least 4 members (excludes halogenated alkanes) is 3. The Kier molecular flexibility index (Phi) is 10.5. The Morgan fingerprint density at radius 1 is 1.19 bits per heavy atom. The van der Waals surface area contributed by atoms with Crippen LogP contribution in [0.3, 0.4) is 0 Å². The van der Waals surface area contributed by atoms with E-state index >= 15 is 0 Å². The fourth-order valence-corrected chi connectivity index (χ4v) is 1.56. The third kappa shape index (κ3) is 11.5. The summed E-state index contributed by atoms with van der Waals surface area (Å²) in [6, 6.07) is 0. The van der Waals surface area contributed by atoms with Gasteiger partial charge < -0.3 is 10.1 Å². The quantitative estimate of drug-likeness (QED) is 0.462. The van der Waals surface area contributed by atoms with E-state index in [1.165, 1.54) is 25.7 Å². The Morgan fingerprint density at radius 2 is 1.88 bits per heavy atom. The number of hydrogen-bond donors (Lipinski definition) is 1. The standard InChI is InChI=1S/C13H27NO2/c1-4-16-13(15)11-14-10-8-6-5-7-9-12(2)3/h12,14H,4-11H2,1-3H3. The number of esters is 1. The summed E-state index contributed by atoms with van der Waals surface area (Å²) in [5.41, 5.74) is 0. The van der Waals surface area contributed by atoms with Crippen LogP contribution in [0.1, 0.15) is 52.9 Å². The molecule has 0 rings (SSSR count). The van der Waals surface area contributed by atoms with Crippen LogP contribution in [-0.4, -0.2) is 25.7 Å². The molecule has 0 aliphatic carbocycles. The van der Waals surface area contributed by atoms with Crippen molar-refractivity contribution in [2.24, 2.45) is 5.92 Å². The van der Waals surface area contributed by atoms with Crippen LogP contribution in [-0.2, 0) is 9.53 Å². The Balaban J connectivity index is 3.07. The topological polar surface area (TPSA) is 38.3 Å². The van der Waals surface area contributed by atoms with Gasteiger partial charge in [0, 0.05) is 0 Å². The van der Waals surface area contributed by atoms with Gasteiger partial charge in [-0.05, 0) is 25.8 Å². The summed E-state index contributed by atoms with van der Waals surface area (Å²) in [5.74, 6) is 0.671. The zero-order valence-electron chi connectivity index (χ0n) is 11.1. The lowest BCUT2D eigenvalue weighted by molar-refractivity contribution is -0.141. The predicted octanol–water partition coefficient (Wildman–Crippen LogP) is 2.75. The van der Waals surface area contributed by atoms with Crippen molar-refractivity contribution >= 4 is 5.97 Å². The Hall–Kier alpha value is -0.570. The molecule has 3 nitrogen and oxygen atoms in total. The van der Waals surface area contributed by atoms with Gasteiger partial charge in [0.05, 0.1) is 13.2 Å². The number of rotatable bonds is 10. The van der Waals surface area contributed by atoms with Gasteiger partial charge >= 0.3 is 5.97 Å². The highest BCUT2D eigenvalue weighted by Crippen LogP contribution is 2.08. The number of carbonyl (C=O) groups is 1. The van der Waals surface area contributed by atoms with Crippen molar-refractivity contribution < 1.29 is 9.53 Å². The molecule has 16 heavy (non-hydrogen) atoms. The summed E-state index contributed by atoms with van der Waals surface area (Å²) in [4.78, 5) is 11.0. The summed E-state index contributed by atoms with van der Waals surface area (Å²) in [6.45, 7) is 8.09. The molecule has 0 spiro atoms. The number of hydrogen-bond acceptors (Lipinski definition) is 3. The lowest BCUT2D eigenvalue weighted by Crippen LogP contribution is -2.25. The molecule has 0 radical (unpaired) electrons. The minimum absolute atomic E-state index is 0.151. The van der Waals surface area contributed by atoms with Crippen molar-refractivity contribution in [3.8, 4) is 0 Å². The van der Waals surface area contributed by atoms with E-state index in [9.17, 15) is 4.79 Å². The number of nitrogens with one attached hydrogen (secondary N) is 1. The highest BCUT2D eigenvalue weighted by Gasteiger charge is 1.99. The van der Waals surface area contributed by atoms with E-state index < -0.39 is 0 Å². The van der Waals surface area contributed by atoms with Crippen molar-refractivity contribution in [2.45, 2.75) is 52.9 Å². The van der Waals surface area contributed by atoms with Gasteiger partial charge in [0.2, 0.25) is 0 Å². The fraction of sp³-hybridized carbons (Fsp3) is 0.923. The number of ether oxygens (including phenoxy) is 1. The van der Waals surface area contributed by atoms with Crippen molar-refractivity contribution in [2.75, 3.05) is 19.7 Å². The van der Waals surface area contributed by atoms with E-state index in [2.05, 4.69) is 19.2 Å². The average molecular weight is 229 g/mol. The van der Waals surface area contributed by atoms with Gasteiger partial charge in [0.25, 0.3) is 0 Å². The molecule has 0 aliphatic rings. The summed E-state index contributed by atoms with van der Waals surface area (Å²) in [5, 5.41) is 3.10. The average Bonchev–Trinajstić information content (AvgIpc) is 2.22. The molecule has 0 bridgehead atoms. The first-order chi connectivity index (χ1) is 7.66. The molecular formula is C13H27NO2. The molecular weight excluding hydrogens is 202 g/mol. The summed E-state index contributed by atoms with van der Waals surface area (Å²) in [7, 11) is 0. The monoisotopic (exact) mass is 229 g/mol. The first-order valence-corrected chi connectivity index (χ1v) is 6.53. The zero-order valence-corrected chi connectivity index (χ0v) is 11.1. The van der Waals surface area contributed by atoms with E-state index in [-0.39, 0.29) is 5.97 Å². The van der Waals surface area contributed by atoms with Crippen LogP contribution in [0.2, 0.25) is 0 Å². The Morgan fingerprint density at radius 3 is 2.50 bits per heavy atom. The molecule has 0 unspecified atom stereocenters.